The Balaban J connectivity index is 2.14. The lowest BCUT2D eigenvalue weighted by Gasteiger charge is -2.02. The number of hydrogen-bond donors (Lipinski definition) is 1. The van der Waals surface area contributed by atoms with E-state index in [4.69, 9.17) is 0 Å². The SMILES string of the molecule is CC(=O)Nc1nn(Cc2ccc(C)cc2)cc1Br. The molecule has 2 rings (SSSR count). The second-order valence-electron chi connectivity index (χ2n) is 4.19. The van der Waals surface area contributed by atoms with Crippen LogP contribution in [-0.2, 0) is 11.3 Å². The Kier molecular flexibility index (Phi) is 3.81. The van der Waals surface area contributed by atoms with E-state index in [-0.39, 0.29) is 5.91 Å². The number of halogens is 1. The zero-order chi connectivity index (χ0) is 13.1. The van der Waals surface area contributed by atoms with Gasteiger partial charge >= 0.3 is 0 Å². The molecule has 2 aromatic rings. The highest BCUT2D eigenvalue weighted by atomic mass is 79.9. The molecule has 0 atom stereocenters. The number of nitrogens with zero attached hydrogens (tertiary/aromatic N) is 2. The molecule has 1 amide bonds. The average Bonchev–Trinajstić information content (AvgIpc) is 2.62. The van der Waals surface area contributed by atoms with Crippen molar-refractivity contribution in [2.75, 3.05) is 5.32 Å². The van der Waals surface area contributed by atoms with Gasteiger partial charge in [0.1, 0.15) is 0 Å². The van der Waals surface area contributed by atoms with Crippen LogP contribution in [0.25, 0.3) is 0 Å². The maximum atomic E-state index is 11.0. The Hall–Kier alpha value is -1.62. The van der Waals surface area contributed by atoms with E-state index in [0.29, 0.717) is 12.4 Å². The molecule has 0 saturated carbocycles. The normalized spacial score (nSPS) is 10.4. The first-order chi connectivity index (χ1) is 8.54. The van der Waals surface area contributed by atoms with Gasteiger partial charge in [0, 0.05) is 13.1 Å². The van der Waals surface area contributed by atoms with Crippen LogP contribution in [0.4, 0.5) is 5.82 Å². The molecule has 0 fully saturated rings. The number of amides is 1. The van der Waals surface area contributed by atoms with Crippen molar-refractivity contribution in [3.8, 4) is 0 Å². The maximum Gasteiger partial charge on any atom is 0.222 e. The summed E-state index contributed by atoms with van der Waals surface area (Å²) in [5.41, 5.74) is 2.41. The van der Waals surface area contributed by atoms with Crippen molar-refractivity contribution in [3.63, 3.8) is 0 Å². The van der Waals surface area contributed by atoms with E-state index in [0.717, 1.165) is 4.47 Å². The summed E-state index contributed by atoms with van der Waals surface area (Å²) in [5.74, 6) is 0.422. The number of aromatic nitrogens is 2. The molecule has 94 valence electrons. The number of carbonyl (C=O) groups excluding carboxylic acids is 1. The third-order valence-corrected chi connectivity index (χ3v) is 3.06. The summed E-state index contributed by atoms with van der Waals surface area (Å²) < 4.78 is 2.57. The van der Waals surface area contributed by atoms with Crippen LogP contribution in [-0.4, -0.2) is 15.7 Å². The molecule has 0 radical (unpaired) electrons. The largest absolute Gasteiger partial charge is 0.309 e. The molecule has 0 saturated heterocycles. The first-order valence-electron chi connectivity index (χ1n) is 5.60. The van der Waals surface area contributed by atoms with Gasteiger partial charge in [0.15, 0.2) is 5.82 Å². The second kappa shape index (κ2) is 5.35. The molecule has 1 N–H and O–H groups in total. The molecule has 0 aliphatic heterocycles. The first kappa shape index (κ1) is 12.8. The number of anilines is 1. The van der Waals surface area contributed by atoms with Crippen molar-refractivity contribution in [3.05, 3.63) is 46.1 Å². The third-order valence-electron chi connectivity index (χ3n) is 2.48. The van der Waals surface area contributed by atoms with Crippen LogP contribution in [0, 0.1) is 6.92 Å². The third kappa shape index (κ3) is 3.20. The minimum atomic E-state index is -0.128. The topological polar surface area (TPSA) is 46.9 Å². The van der Waals surface area contributed by atoms with Gasteiger partial charge in [-0.05, 0) is 28.4 Å². The van der Waals surface area contributed by atoms with E-state index in [1.807, 2.05) is 6.20 Å². The molecule has 0 bridgehead atoms. The molecule has 5 heteroatoms. The molecular weight excluding hydrogens is 294 g/mol. The molecule has 1 aromatic carbocycles. The predicted molar refractivity (Wildman–Crippen MR) is 74.5 cm³/mol. The highest BCUT2D eigenvalue weighted by Gasteiger charge is 2.07. The van der Waals surface area contributed by atoms with Gasteiger partial charge in [-0.25, -0.2) is 0 Å². The predicted octanol–water partition coefficient (Wildman–Crippen LogP) is 2.96. The number of rotatable bonds is 3. The smallest absolute Gasteiger partial charge is 0.222 e. The lowest BCUT2D eigenvalue weighted by Crippen LogP contribution is -2.08. The number of aryl methyl sites for hydroxylation is 1. The fourth-order valence-corrected chi connectivity index (χ4v) is 2.02. The molecule has 0 unspecified atom stereocenters. The van der Waals surface area contributed by atoms with Crippen LogP contribution in [0.15, 0.2) is 34.9 Å². The fourth-order valence-electron chi connectivity index (χ4n) is 1.61. The highest BCUT2D eigenvalue weighted by molar-refractivity contribution is 9.10. The summed E-state index contributed by atoms with van der Waals surface area (Å²) in [6.07, 6.45) is 1.85. The molecule has 4 nitrogen and oxygen atoms in total. The van der Waals surface area contributed by atoms with Crippen LogP contribution in [0.3, 0.4) is 0 Å². The van der Waals surface area contributed by atoms with Crippen LogP contribution in [0.1, 0.15) is 18.1 Å². The van der Waals surface area contributed by atoms with Crippen molar-refractivity contribution >= 4 is 27.7 Å². The lowest BCUT2D eigenvalue weighted by atomic mass is 10.1. The van der Waals surface area contributed by atoms with E-state index in [9.17, 15) is 4.79 Å². The summed E-state index contributed by atoms with van der Waals surface area (Å²) in [6.45, 7) is 4.20. The van der Waals surface area contributed by atoms with Gasteiger partial charge < -0.3 is 5.32 Å². The van der Waals surface area contributed by atoms with Gasteiger partial charge in [-0.1, -0.05) is 29.8 Å². The highest BCUT2D eigenvalue weighted by Crippen LogP contribution is 2.20. The van der Waals surface area contributed by atoms with Crippen molar-refractivity contribution in [1.82, 2.24) is 9.78 Å². The Morgan fingerprint density at radius 1 is 1.39 bits per heavy atom. The molecule has 0 spiro atoms. The lowest BCUT2D eigenvalue weighted by molar-refractivity contribution is -0.114. The molecule has 0 aliphatic carbocycles. The quantitative estimate of drug-likeness (QED) is 0.947. The standard InChI is InChI=1S/C13H14BrN3O/c1-9-3-5-11(6-4-9)7-17-8-12(14)13(16-17)15-10(2)18/h3-6,8H,7H2,1-2H3,(H,15,16,18). The fraction of sp³-hybridized carbons (Fsp3) is 0.231. The summed E-state index contributed by atoms with van der Waals surface area (Å²) >= 11 is 3.37. The number of nitrogens with one attached hydrogen (secondary N) is 1. The minimum Gasteiger partial charge on any atom is -0.309 e. The van der Waals surface area contributed by atoms with Crippen LogP contribution in [0.2, 0.25) is 0 Å². The van der Waals surface area contributed by atoms with E-state index in [1.165, 1.54) is 18.1 Å². The van der Waals surface area contributed by atoms with Gasteiger partial charge in [0.2, 0.25) is 5.91 Å². The monoisotopic (exact) mass is 307 g/mol. The zero-order valence-electron chi connectivity index (χ0n) is 10.3. The van der Waals surface area contributed by atoms with Crippen LogP contribution in [0.5, 0.6) is 0 Å². The molecule has 18 heavy (non-hydrogen) atoms. The number of benzene rings is 1. The Bertz CT molecular complexity index is 560. The van der Waals surface area contributed by atoms with E-state index >= 15 is 0 Å². The van der Waals surface area contributed by atoms with Crippen molar-refractivity contribution in [2.45, 2.75) is 20.4 Å². The van der Waals surface area contributed by atoms with E-state index < -0.39 is 0 Å². The zero-order valence-corrected chi connectivity index (χ0v) is 11.9. The van der Waals surface area contributed by atoms with E-state index in [2.05, 4.69) is 57.5 Å². The Morgan fingerprint density at radius 2 is 2.06 bits per heavy atom. The first-order valence-corrected chi connectivity index (χ1v) is 6.40. The Morgan fingerprint density at radius 3 is 2.67 bits per heavy atom. The number of hydrogen-bond acceptors (Lipinski definition) is 2. The van der Waals surface area contributed by atoms with E-state index in [1.54, 1.807) is 4.68 Å². The number of carbonyl (C=O) groups is 1. The summed E-state index contributed by atoms with van der Waals surface area (Å²) in [5, 5.41) is 6.98. The Labute approximate surface area is 114 Å². The average molecular weight is 308 g/mol. The van der Waals surface area contributed by atoms with Crippen molar-refractivity contribution in [2.24, 2.45) is 0 Å². The summed E-state index contributed by atoms with van der Waals surface area (Å²) in [6, 6.07) is 8.29. The van der Waals surface area contributed by atoms with Crippen molar-refractivity contribution in [1.29, 1.82) is 0 Å². The second-order valence-corrected chi connectivity index (χ2v) is 5.04. The van der Waals surface area contributed by atoms with Crippen LogP contribution >= 0.6 is 15.9 Å². The van der Waals surface area contributed by atoms with Crippen LogP contribution < -0.4 is 5.32 Å². The minimum absolute atomic E-state index is 0.128. The molecule has 1 aromatic heterocycles. The van der Waals surface area contributed by atoms with Gasteiger partial charge in [-0.2, -0.15) is 5.10 Å². The van der Waals surface area contributed by atoms with Gasteiger partial charge in [-0.15, -0.1) is 0 Å². The van der Waals surface area contributed by atoms with Gasteiger partial charge in [-0.3, -0.25) is 9.48 Å². The van der Waals surface area contributed by atoms with Gasteiger partial charge in [0.05, 0.1) is 11.0 Å². The summed E-state index contributed by atoms with van der Waals surface area (Å²) in [4.78, 5) is 11.0. The maximum absolute atomic E-state index is 11.0. The molecule has 0 aliphatic rings. The summed E-state index contributed by atoms with van der Waals surface area (Å²) in [7, 11) is 0. The molecular formula is C13H14BrN3O. The van der Waals surface area contributed by atoms with Gasteiger partial charge in [0.25, 0.3) is 0 Å². The molecule has 1 heterocycles. The van der Waals surface area contributed by atoms with Crippen molar-refractivity contribution < 1.29 is 4.79 Å².